The maximum Gasteiger partial charge on any atom is 0.398 e. The van der Waals surface area contributed by atoms with Crippen molar-refractivity contribution in [1.82, 2.24) is 0 Å². The molecule has 0 unspecified atom stereocenters. The summed E-state index contributed by atoms with van der Waals surface area (Å²) in [5, 5.41) is 1.08. The van der Waals surface area contributed by atoms with Gasteiger partial charge >= 0.3 is 8.56 Å². The first-order valence-electron chi connectivity index (χ1n) is 4.08. The lowest BCUT2D eigenvalue weighted by molar-refractivity contribution is 0.271. The largest absolute Gasteiger partial charge is 0.398 e. The summed E-state index contributed by atoms with van der Waals surface area (Å²) >= 11 is 0. The summed E-state index contributed by atoms with van der Waals surface area (Å²) in [7, 11) is 0.985. The van der Waals surface area contributed by atoms with Gasteiger partial charge in [0.25, 0.3) is 0 Å². The van der Waals surface area contributed by atoms with Gasteiger partial charge in [0.15, 0.2) is 0 Å². The van der Waals surface area contributed by atoms with E-state index in [0.29, 0.717) is 0 Å². The predicted molar refractivity (Wildman–Crippen MR) is 56.0 cm³/mol. The van der Waals surface area contributed by atoms with Crippen molar-refractivity contribution in [1.29, 1.82) is 0 Å². The van der Waals surface area contributed by atoms with Crippen LogP contribution in [0.5, 0.6) is 0 Å². The van der Waals surface area contributed by atoms with Gasteiger partial charge in [0.1, 0.15) is 0 Å². The number of hydrogen-bond donors (Lipinski definition) is 0. The van der Waals surface area contributed by atoms with Crippen molar-refractivity contribution in [2.75, 3.05) is 14.2 Å². The Hall–Kier alpha value is -0.903. The fourth-order valence-corrected chi connectivity index (χ4v) is 3.14. The van der Waals surface area contributed by atoms with Crippen molar-refractivity contribution in [3.63, 3.8) is 0 Å². The van der Waals surface area contributed by atoms with Crippen LogP contribution in [0.1, 0.15) is 0 Å². The van der Waals surface area contributed by atoms with Crippen LogP contribution in [0, 0.1) is 0 Å². The first-order valence-corrected chi connectivity index (χ1v) is 5.98. The zero-order valence-electron chi connectivity index (χ0n) is 7.99. The minimum atomic E-state index is -2.33. The van der Waals surface area contributed by atoms with Crippen LogP contribution in [-0.2, 0) is 8.85 Å². The molecule has 0 atom stereocenters. The number of rotatable bonds is 4. The van der Waals surface area contributed by atoms with Gasteiger partial charge in [0, 0.05) is 14.2 Å². The summed E-state index contributed by atoms with van der Waals surface area (Å²) in [6, 6.07) is 9.91. The Bertz CT molecular complexity index is 268. The van der Waals surface area contributed by atoms with Gasteiger partial charge in [0.05, 0.1) is 0 Å². The normalized spacial score (nSPS) is 11.2. The van der Waals surface area contributed by atoms with E-state index in [1.807, 2.05) is 30.3 Å². The van der Waals surface area contributed by atoms with E-state index in [9.17, 15) is 0 Å². The summed E-state index contributed by atoms with van der Waals surface area (Å²) in [5.74, 6) is 0. The second-order valence-electron chi connectivity index (χ2n) is 2.65. The Kier molecular flexibility index (Phi) is 3.42. The highest BCUT2D eigenvalue weighted by Gasteiger charge is 2.34. The first kappa shape index (κ1) is 10.2. The van der Waals surface area contributed by atoms with Crippen LogP contribution < -0.4 is 5.19 Å². The SMILES string of the molecule is C=C[Si](OC)(OC)c1ccccc1. The van der Waals surface area contributed by atoms with Crippen LogP contribution in [0.3, 0.4) is 0 Å². The Morgan fingerprint density at radius 2 is 1.69 bits per heavy atom. The topological polar surface area (TPSA) is 18.5 Å². The van der Waals surface area contributed by atoms with Gasteiger partial charge in [-0.15, -0.1) is 6.58 Å². The molecule has 0 heterocycles. The number of hydrogen-bond acceptors (Lipinski definition) is 2. The van der Waals surface area contributed by atoms with Gasteiger partial charge < -0.3 is 8.85 Å². The van der Waals surface area contributed by atoms with E-state index in [0.717, 1.165) is 5.19 Å². The van der Waals surface area contributed by atoms with Crippen molar-refractivity contribution >= 4 is 13.7 Å². The molecule has 2 nitrogen and oxygen atoms in total. The smallest absolute Gasteiger partial charge is 0.391 e. The van der Waals surface area contributed by atoms with Crippen LogP contribution in [0.2, 0.25) is 0 Å². The molecule has 3 heteroatoms. The van der Waals surface area contributed by atoms with Crippen molar-refractivity contribution in [2.45, 2.75) is 0 Å². The predicted octanol–water partition coefficient (Wildman–Crippen LogP) is 1.35. The molecule has 0 bridgehead atoms. The average Bonchev–Trinajstić information content (AvgIpc) is 2.23. The Morgan fingerprint density at radius 3 is 2.08 bits per heavy atom. The third-order valence-electron chi connectivity index (χ3n) is 2.05. The molecule has 0 N–H and O–H groups in total. The van der Waals surface area contributed by atoms with E-state index in [1.54, 1.807) is 19.9 Å². The molecule has 0 saturated heterocycles. The van der Waals surface area contributed by atoms with Crippen molar-refractivity contribution in [3.05, 3.63) is 42.6 Å². The second-order valence-corrected chi connectivity index (χ2v) is 5.78. The molecule has 13 heavy (non-hydrogen) atoms. The minimum Gasteiger partial charge on any atom is -0.391 e. The van der Waals surface area contributed by atoms with Crippen molar-refractivity contribution in [2.24, 2.45) is 0 Å². The molecule has 0 spiro atoms. The van der Waals surface area contributed by atoms with Gasteiger partial charge in [-0.25, -0.2) is 0 Å². The van der Waals surface area contributed by atoms with Gasteiger partial charge in [-0.05, 0) is 10.9 Å². The molecule has 1 aromatic rings. The molecule has 1 aromatic carbocycles. The summed E-state index contributed by atoms with van der Waals surface area (Å²) < 4.78 is 10.8. The lowest BCUT2D eigenvalue weighted by Gasteiger charge is -2.23. The third kappa shape index (κ3) is 1.88. The fourth-order valence-electron chi connectivity index (χ4n) is 1.27. The highest BCUT2D eigenvalue weighted by atomic mass is 28.4. The monoisotopic (exact) mass is 194 g/mol. The molecule has 0 fully saturated rings. The van der Waals surface area contributed by atoms with E-state index in [1.165, 1.54) is 0 Å². The maximum atomic E-state index is 5.42. The van der Waals surface area contributed by atoms with E-state index in [4.69, 9.17) is 8.85 Å². The Morgan fingerprint density at radius 1 is 1.15 bits per heavy atom. The van der Waals surface area contributed by atoms with Crippen LogP contribution in [0.25, 0.3) is 0 Å². The summed E-state index contributed by atoms with van der Waals surface area (Å²) in [6.07, 6.45) is 0. The molecular weight excluding hydrogens is 180 g/mol. The van der Waals surface area contributed by atoms with Gasteiger partial charge in [0.2, 0.25) is 0 Å². The highest BCUT2D eigenvalue weighted by molar-refractivity contribution is 6.85. The molecule has 0 aliphatic rings. The van der Waals surface area contributed by atoms with E-state index >= 15 is 0 Å². The van der Waals surface area contributed by atoms with Gasteiger partial charge in [-0.3, -0.25) is 0 Å². The zero-order valence-corrected chi connectivity index (χ0v) is 8.99. The van der Waals surface area contributed by atoms with Crippen LogP contribution >= 0.6 is 0 Å². The average molecular weight is 194 g/mol. The van der Waals surface area contributed by atoms with Crippen LogP contribution in [0.4, 0.5) is 0 Å². The molecule has 0 aliphatic heterocycles. The standard InChI is InChI=1S/C10H14O2Si/c1-4-13(11-2,12-3)10-8-6-5-7-9-10/h4-9H,1H2,2-3H3. The van der Waals surface area contributed by atoms with Gasteiger partial charge in [-0.1, -0.05) is 30.3 Å². The molecule has 0 aliphatic carbocycles. The highest BCUT2D eigenvalue weighted by Crippen LogP contribution is 2.06. The first-order chi connectivity index (χ1) is 6.29. The second kappa shape index (κ2) is 4.37. The summed E-state index contributed by atoms with van der Waals surface area (Å²) in [6.45, 7) is 3.76. The molecule has 0 aromatic heterocycles. The van der Waals surface area contributed by atoms with Crippen molar-refractivity contribution in [3.8, 4) is 0 Å². The van der Waals surface area contributed by atoms with Crippen molar-refractivity contribution < 1.29 is 8.85 Å². The van der Waals surface area contributed by atoms with E-state index in [-0.39, 0.29) is 0 Å². The van der Waals surface area contributed by atoms with Crippen LogP contribution in [-0.4, -0.2) is 22.8 Å². The fraction of sp³-hybridized carbons (Fsp3) is 0.200. The van der Waals surface area contributed by atoms with E-state index in [2.05, 4.69) is 6.58 Å². The molecular formula is C10H14O2Si. The van der Waals surface area contributed by atoms with Crippen LogP contribution in [0.15, 0.2) is 42.6 Å². The lowest BCUT2D eigenvalue weighted by Crippen LogP contribution is -2.50. The molecule has 0 saturated carbocycles. The van der Waals surface area contributed by atoms with E-state index < -0.39 is 8.56 Å². The van der Waals surface area contributed by atoms with Gasteiger partial charge in [-0.2, -0.15) is 0 Å². The zero-order chi connectivity index (χ0) is 9.73. The molecule has 0 radical (unpaired) electrons. The molecule has 0 amide bonds. The molecule has 1 rings (SSSR count). The Balaban J connectivity index is 3.08. The quantitative estimate of drug-likeness (QED) is 0.674. The Labute approximate surface area is 80.1 Å². The third-order valence-corrected chi connectivity index (χ3v) is 4.94. The summed E-state index contributed by atoms with van der Waals surface area (Å²) in [4.78, 5) is 0. The molecule has 70 valence electrons. The number of benzene rings is 1. The lowest BCUT2D eigenvalue weighted by atomic mass is 10.4. The summed E-state index contributed by atoms with van der Waals surface area (Å²) in [5.41, 5.74) is 1.78. The minimum absolute atomic E-state index is 1.08. The maximum absolute atomic E-state index is 5.42.